The van der Waals surface area contributed by atoms with Crippen LogP contribution in [0.4, 0.5) is 4.39 Å². The van der Waals surface area contributed by atoms with Gasteiger partial charge < -0.3 is 0 Å². The first-order valence-corrected chi connectivity index (χ1v) is 9.11. The Balaban J connectivity index is 1.64. The van der Waals surface area contributed by atoms with Crippen LogP contribution in [0.25, 0.3) is 0 Å². The minimum atomic E-state index is -0.568. The van der Waals surface area contributed by atoms with E-state index in [1.807, 2.05) is 0 Å². The van der Waals surface area contributed by atoms with Crippen LogP contribution < -0.4 is 0 Å². The van der Waals surface area contributed by atoms with E-state index in [1.54, 1.807) is 0 Å². The third-order valence-electron chi connectivity index (χ3n) is 8.37. The maximum absolute atomic E-state index is 14.4. The normalized spacial score (nSPS) is 56.5. The second-order valence-electron chi connectivity index (χ2n) is 8.99. The molecule has 4 aliphatic rings. The van der Waals surface area contributed by atoms with Crippen molar-refractivity contribution < 1.29 is 9.18 Å². The molecule has 0 aliphatic heterocycles. The molecule has 7 atom stereocenters. The van der Waals surface area contributed by atoms with Gasteiger partial charge in [-0.25, -0.2) is 4.39 Å². The highest BCUT2D eigenvalue weighted by molar-refractivity contribution is 5.79. The lowest BCUT2D eigenvalue weighted by molar-refractivity contribution is -0.139. The summed E-state index contributed by atoms with van der Waals surface area (Å²) in [6.07, 6.45) is 8.81. The number of carbonyl (C=O) groups excluding carboxylic acids is 1. The molecule has 0 unspecified atom stereocenters. The van der Waals surface area contributed by atoms with Crippen LogP contribution in [0, 0.1) is 34.5 Å². The van der Waals surface area contributed by atoms with Gasteiger partial charge >= 0.3 is 0 Å². The molecule has 0 aromatic heterocycles. The zero-order valence-electron chi connectivity index (χ0n) is 13.5. The van der Waals surface area contributed by atoms with Crippen molar-refractivity contribution in [3.05, 3.63) is 0 Å². The fourth-order valence-electron chi connectivity index (χ4n) is 6.98. The number of halogens is 1. The average Bonchev–Trinajstić information content (AvgIpc) is 2.76. The van der Waals surface area contributed by atoms with Crippen LogP contribution >= 0.6 is 0 Å². The molecule has 1 nitrogen and oxygen atoms in total. The molecular weight excluding hydrogens is 263 g/mol. The first kappa shape index (κ1) is 14.2. The van der Waals surface area contributed by atoms with Crippen molar-refractivity contribution in [2.75, 3.05) is 0 Å². The SMILES string of the molecule is C[C@@]12CC[C@H]3[C@@H](CC[C@H]4CC(=O)CC[C@@]43C)[C@H]1CC[C@H]2F. The summed E-state index contributed by atoms with van der Waals surface area (Å²) in [4.78, 5) is 11.8. The van der Waals surface area contributed by atoms with E-state index in [9.17, 15) is 9.18 Å². The summed E-state index contributed by atoms with van der Waals surface area (Å²) in [7, 11) is 0. The lowest BCUT2D eigenvalue weighted by atomic mass is 9.45. The Kier molecular flexibility index (Phi) is 3.08. The van der Waals surface area contributed by atoms with Gasteiger partial charge in [-0.05, 0) is 74.0 Å². The Morgan fingerprint density at radius 3 is 2.52 bits per heavy atom. The van der Waals surface area contributed by atoms with Gasteiger partial charge in [0.15, 0.2) is 0 Å². The van der Waals surface area contributed by atoms with Gasteiger partial charge in [0.05, 0.1) is 0 Å². The van der Waals surface area contributed by atoms with E-state index in [1.165, 1.54) is 19.3 Å². The molecule has 0 radical (unpaired) electrons. The maximum atomic E-state index is 14.4. The molecule has 0 spiro atoms. The van der Waals surface area contributed by atoms with Crippen molar-refractivity contribution in [3.63, 3.8) is 0 Å². The molecule has 0 aromatic rings. The first-order chi connectivity index (χ1) is 9.95. The molecule has 4 saturated carbocycles. The zero-order chi connectivity index (χ0) is 14.8. The maximum Gasteiger partial charge on any atom is 0.133 e. The number of Topliss-reactive ketones (excluding diaryl/α,β-unsaturated/α-hetero) is 1. The molecule has 4 rings (SSSR count). The predicted molar refractivity (Wildman–Crippen MR) is 81.6 cm³/mol. The Bertz CT molecular complexity index is 460. The number of hydrogen-bond acceptors (Lipinski definition) is 1. The van der Waals surface area contributed by atoms with Crippen LogP contribution in [0.15, 0.2) is 0 Å². The molecule has 4 fully saturated rings. The topological polar surface area (TPSA) is 17.1 Å². The van der Waals surface area contributed by atoms with Crippen molar-refractivity contribution in [1.82, 2.24) is 0 Å². The van der Waals surface area contributed by atoms with Crippen molar-refractivity contribution in [2.24, 2.45) is 34.5 Å². The van der Waals surface area contributed by atoms with Gasteiger partial charge in [-0.1, -0.05) is 13.8 Å². The largest absolute Gasteiger partial charge is 0.300 e. The minimum absolute atomic E-state index is 0.0329. The second-order valence-corrected chi connectivity index (χ2v) is 8.99. The Hall–Kier alpha value is -0.400. The van der Waals surface area contributed by atoms with E-state index in [2.05, 4.69) is 13.8 Å². The summed E-state index contributed by atoms with van der Waals surface area (Å²) in [6.45, 7) is 4.69. The highest BCUT2D eigenvalue weighted by atomic mass is 19.1. The Morgan fingerprint density at radius 2 is 1.71 bits per heavy atom. The fraction of sp³-hybridized carbons (Fsp3) is 0.947. The van der Waals surface area contributed by atoms with Gasteiger partial charge in [0, 0.05) is 18.3 Å². The van der Waals surface area contributed by atoms with E-state index < -0.39 is 6.17 Å². The van der Waals surface area contributed by atoms with Crippen LogP contribution in [0.2, 0.25) is 0 Å². The minimum Gasteiger partial charge on any atom is -0.300 e. The summed E-state index contributed by atoms with van der Waals surface area (Å²) < 4.78 is 14.4. The van der Waals surface area contributed by atoms with Crippen LogP contribution in [-0.2, 0) is 4.79 Å². The summed E-state index contributed by atoms with van der Waals surface area (Å²) in [5, 5.41) is 0. The molecule has 118 valence electrons. The second kappa shape index (κ2) is 4.55. The quantitative estimate of drug-likeness (QED) is 0.618. The molecule has 0 N–H and O–H groups in total. The highest BCUT2D eigenvalue weighted by Crippen LogP contribution is 2.66. The molecule has 4 aliphatic carbocycles. The molecule has 0 heterocycles. The molecule has 0 saturated heterocycles. The molecule has 0 amide bonds. The van der Waals surface area contributed by atoms with Crippen molar-refractivity contribution in [1.29, 1.82) is 0 Å². The zero-order valence-corrected chi connectivity index (χ0v) is 13.5. The lowest BCUT2D eigenvalue weighted by Crippen LogP contribution is -2.53. The summed E-state index contributed by atoms with van der Waals surface area (Å²) in [5.74, 6) is 3.21. The average molecular weight is 292 g/mol. The van der Waals surface area contributed by atoms with E-state index in [4.69, 9.17) is 0 Å². The highest BCUT2D eigenvalue weighted by Gasteiger charge is 2.60. The van der Waals surface area contributed by atoms with E-state index in [-0.39, 0.29) is 5.41 Å². The Labute approximate surface area is 128 Å². The Morgan fingerprint density at radius 1 is 0.952 bits per heavy atom. The van der Waals surface area contributed by atoms with E-state index >= 15 is 0 Å². The third-order valence-corrected chi connectivity index (χ3v) is 8.37. The lowest BCUT2D eigenvalue weighted by Gasteiger charge is -2.59. The van der Waals surface area contributed by atoms with Gasteiger partial charge in [0.25, 0.3) is 0 Å². The van der Waals surface area contributed by atoms with Gasteiger partial charge in [0.2, 0.25) is 0 Å². The van der Waals surface area contributed by atoms with Crippen molar-refractivity contribution in [2.45, 2.75) is 77.8 Å². The number of alkyl halides is 1. The number of carbonyl (C=O) groups is 1. The van der Waals surface area contributed by atoms with E-state index in [0.29, 0.717) is 23.0 Å². The molecular formula is C19H29FO. The van der Waals surface area contributed by atoms with Gasteiger partial charge in [0.1, 0.15) is 12.0 Å². The predicted octanol–water partition coefficient (Wildman–Crippen LogP) is 4.94. The molecule has 0 bridgehead atoms. The fourth-order valence-corrected chi connectivity index (χ4v) is 6.98. The summed E-state index contributed by atoms with van der Waals surface area (Å²) in [6, 6.07) is 0. The number of ketones is 1. The third kappa shape index (κ3) is 1.83. The van der Waals surface area contributed by atoms with Gasteiger partial charge in [-0.3, -0.25) is 4.79 Å². The van der Waals surface area contributed by atoms with Gasteiger partial charge in [-0.2, -0.15) is 0 Å². The smallest absolute Gasteiger partial charge is 0.133 e. The first-order valence-electron chi connectivity index (χ1n) is 9.11. The van der Waals surface area contributed by atoms with Crippen LogP contribution in [0.1, 0.15) is 71.6 Å². The van der Waals surface area contributed by atoms with Crippen LogP contribution in [-0.4, -0.2) is 12.0 Å². The van der Waals surface area contributed by atoms with E-state index in [0.717, 1.165) is 50.4 Å². The van der Waals surface area contributed by atoms with Gasteiger partial charge in [-0.15, -0.1) is 0 Å². The van der Waals surface area contributed by atoms with Crippen LogP contribution in [0.5, 0.6) is 0 Å². The summed E-state index contributed by atoms with van der Waals surface area (Å²) in [5.41, 5.74) is 0.335. The van der Waals surface area contributed by atoms with Crippen LogP contribution in [0.3, 0.4) is 0 Å². The number of hydrogen-bond donors (Lipinski definition) is 0. The number of fused-ring (bicyclic) bond motifs is 5. The number of rotatable bonds is 0. The summed E-state index contributed by atoms with van der Waals surface area (Å²) >= 11 is 0. The molecule has 0 aromatic carbocycles. The monoisotopic (exact) mass is 292 g/mol. The van der Waals surface area contributed by atoms with Crippen molar-refractivity contribution >= 4 is 5.78 Å². The van der Waals surface area contributed by atoms with Crippen molar-refractivity contribution in [3.8, 4) is 0 Å². The molecule has 21 heavy (non-hydrogen) atoms. The standard InChI is InChI=1S/C19H29FO/c1-18-9-7-13(21)11-12(18)3-4-14-15-5-6-17(20)19(15,2)10-8-16(14)18/h12,14-17H,3-11H2,1-2H3/t12-,14-,15+,16-,17+,18-,19+/m0/s1. The molecule has 2 heteroatoms.